The van der Waals surface area contributed by atoms with Gasteiger partial charge in [-0.2, -0.15) is 4.31 Å². The molecule has 138 valence electrons. The molecule has 0 heterocycles. The Morgan fingerprint density at radius 3 is 2.00 bits per heavy atom. The Balaban J connectivity index is 2.08. The predicted molar refractivity (Wildman–Crippen MR) is 110 cm³/mol. The van der Waals surface area contributed by atoms with E-state index in [1.54, 1.807) is 18.2 Å². The standard InChI is InChI=1S/C23H23NO2S/c1-3-23(21-12-8-5-9-13-21)24(18-20-10-6-4-7-11-20)27(25,26)22-16-14-19(2)15-17-22/h3-17,23H,1,18H2,2H3/t23-/m0/s1. The minimum Gasteiger partial charge on any atom is -0.207 e. The van der Waals surface area contributed by atoms with Crippen molar-refractivity contribution in [2.45, 2.75) is 24.4 Å². The molecule has 0 aliphatic heterocycles. The molecule has 3 rings (SSSR count). The van der Waals surface area contributed by atoms with Gasteiger partial charge in [-0.15, -0.1) is 6.58 Å². The molecule has 0 N–H and O–H groups in total. The third kappa shape index (κ3) is 4.35. The monoisotopic (exact) mass is 377 g/mol. The maximum Gasteiger partial charge on any atom is 0.244 e. The Bertz CT molecular complexity index is 982. The first kappa shape index (κ1) is 19.1. The van der Waals surface area contributed by atoms with Crippen LogP contribution >= 0.6 is 0 Å². The maximum atomic E-state index is 13.5. The first-order chi connectivity index (χ1) is 13.0. The molecule has 0 amide bonds. The van der Waals surface area contributed by atoms with Crippen LogP contribution in [0.15, 0.2) is 102 Å². The van der Waals surface area contributed by atoms with Gasteiger partial charge < -0.3 is 0 Å². The van der Waals surface area contributed by atoms with E-state index < -0.39 is 16.1 Å². The normalized spacial score (nSPS) is 12.7. The largest absolute Gasteiger partial charge is 0.244 e. The van der Waals surface area contributed by atoms with Gasteiger partial charge in [0, 0.05) is 6.54 Å². The van der Waals surface area contributed by atoms with Crippen LogP contribution in [0.5, 0.6) is 0 Å². The van der Waals surface area contributed by atoms with E-state index in [1.165, 1.54) is 4.31 Å². The first-order valence-electron chi connectivity index (χ1n) is 8.82. The van der Waals surface area contributed by atoms with Crippen LogP contribution in [0.25, 0.3) is 0 Å². The van der Waals surface area contributed by atoms with Gasteiger partial charge in [-0.25, -0.2) is 8.42 Å². The summed E-state index contributed by atoms with van der Waals surface area (Å²) in [5.41, 5.74) is 2.84. The molecule has 1 atom stereocenters. The molecular formula is C23H23NO2S. The zero-order valence-electron chi connectivity index (χ0n) is 15.3. The second-order valence-electron chi connectivity index (χ2n) is 6.44. The van der Waals surface area contributed by atoms with E-state index in [0.29, 0.717) is 0 Å². The van der Waals surface area contributed by atoms with Crippen LogP contribution in [0.2, 0.25) is 0 Å². The molecule has 3 nitrogen and oxygen atoms in total. The molecule has 0 radical (unpaired) electrons. The summed E-state index contributed by atoms with van der Waals surface area (Å²) in [7, 11) is -3.71. The van der Waals surface area contributed by atoms with Crippen LogP contribution in [-0.2, 0) is 16.6 Å². The van der Waals surface area contributed by atoms with Gasteiger partial charge >= 0.3 is 0 Å². The summed E-state index contributed by atoms with van der Waals surface area (Å²) in [6.45, 7) is 6.12. The van der Waals surface area contributed by atoms with Gasteiger partial charge in [-0.05, 0) is 30.2 Å². The molecule has 0 spiro atoms. The number of hydrogen-bond acceptors (Lipinski definition) is 2. The summed E-state index contributed by atoms with van der Waals surface area (Å²) in [5, 5.41) is 0. The topological polar surface area (TPSA) is 37.4 Å². The third-order valence-corrected chi connectivity index (χ3v) is 6.32. The van der Waals surface area contributed by atoms with Crippen molar-refractivity contribution < 1.29 is 8.42 Å². The zero-order chi connectivity index (χ0) is 19.3. The van der Waals surface area contributed by atoms with Gasteiger partial charge in [0.25, 0.3) is 0 Å². The van der Waals surface area contributed by atoms with Gasteiger partial charge in [0.1, 0.15) is 0 Å². The maximum absolute atomic E-state index is 13.5. The van der Waals surface area contributed by atoms with E-state index in [9.17, 15) is 8.42 Å². The average molecular weight is 378 g/mol. The third-order valence-electron chi connectivity index (χ3n) is 4.48. The van der Waals surface area contributed by atoms with Gasteiger partial charge in [0.15, 0.2) is 0 Å². The Morgan fingerprint density at radius 2 is 1.44 bits per heavy atom. The van der Waals surface area contributed by atoms with Crippen LogP contribution in [0, 0.1) is 6.92 Å². The summed E-state index contributed by atoms with van der Waals surface area (Å²) in [6, 6.07) is 25.7. The second-order valence-corrected chi connectivity index (χ2v) is 8.33. The molecule has 0 aromatic heterocycles. The van der Waals surface area contributed by atoms with Crippen molar-refractivity contribution in [3.63, 3.8) is 0 Å². The predicted octanol–water partition coefficient (Wildman–Crippen LogP) is 5.11. The SMILES string of the molecule is C=C[C@@H](c1ccccc1)N(Cc1ccccc1)S(=O)(=O)c1ccc(C)cc1. The van der Waals surface area contributed by atoms with E-state index in [1.807, 2.05) is 79.7 Å². The van der Waals surface area contributed by atoms with Gasteiger partial charge in [-0.3, -0.25) is 0 Å². The highest BCUT2D eigenvalue weighted by Gasteiger charge is 2.31. The summed E-state index contributed by atoms with van der Waals surface area (Å²) in [6.07, 6.45) is 1.68. The molecule has 27 heavy (non-hydrogen) atoms. The number of rotatable bonds is 7. The van der Waals surface area contributed by atoms with Crippen LogP contribution in [0.3, 0.4) is 0 Å². The minimum absolute atomic E-state index is 0.266. The smallest absolute Gasteiger partial charge is 0.207 e. The molecule has 4 heteroatoms. The van der Waals surface area contributed by atoms with Crippen LogP contribution in [-0.4, -0.2) is 12.7 Å². The Hall–Kier alpha value is -2.69. The summed E-state index contributed by atoms with van der Waals surface area (Å²) in [4.78, 5) is 0.284. The highest BCUT2D eigenvalue weighted by atomic mass is 32.2. The molecular weight excluding hydrogens is 354 g/mol. The number of hydrogen-bond donors (Lipinski definition) is 0. The highest BCUT2D eigenvalue weighted by Crippen LogP contribution is 2.30. The minimum atomic E-state index is -3.71. The van der Waals surface area contributed by atoms with Gasteiger partial charge in [0.2, 0.25) is 10.0 Å². The van der Waals surface area contributed by atoms with E-state index in [-0.39, 0.29) is 11.4 Å². The lowest BCUT2D eigenvalue weighted by Crippen LogP contribution is -2.33. The van der Waals surface area contributed by atoms with Crippen molar-refractivity contribution in [1.82, 2.24) is 4.31 Å². The summed E-state index contributed by atoms with van der Waals surface area (Å²) >= 11 is 0. The zero-order valence-corrected chi connectivity index (χ0v) is 16.1. The first-order valence-corrected chi connectivity index (χ1v) is 10.3. The molecule has 0 aliphatic carbocycles. The second kappa shape index (κ2) is 8.33. The van der Waals surface area contributed by atoms with Crippen LogP contribution in [0.1, 0.15) is 22.7 Å². The average Bonchev–Trinajstić information content (AvgIpc) is 2.70. The van der Waals surface area contributed by atoms with Crippen molar-refractivity contribution >= 4 is 10.0 Å². The van der Waals surface area contributed by atoms with E-state index in [4.69, 9.17) is 0 Å². The van der Waals surface area contributed by atoms with Crippen molar-refractivity contribution in [2.75, 3.05) is 0 Å². The van der Waals surface area contributed by atoms with Crippen molar-refractivity contribution in [3.05, 3.63) is 114 Å². The van der Waals surface area contributed by atoms with Crippen molar-refractivity contribution in [1.29, 1.82) is 0 Å². The number of sulfonamides is 1. The Morgan fingerprint density at radius 1 is 0.889 bits per heavy atom. The van der Waals surface area contributed by atoms with E-state index >= 15 is 0 Å². The Kier molecular flexibility index (Phi) is 5.89. The molecule has 0 fully saturated rings. The number of nitrogens with zero attached hydrogens (tertiary/aromatic N) is 1. The van der Waals surface area contributed by atoms with Crippen LogP contribution in [0.4, 0.5) is 0 Å². The lowest BCUT2D eigenvalue weighted by Gasteiger charge is -2.29. The molecule has 0 unspecified atom stereocenters. The fraction of sp³-hybridized carbons (Fsp3) is 0.130. The molecule has 3 aromatic rings. The lowest BCUT2D eigenvalue weighted by atomic mass is 10.1. The fourth-order valence-electron chi connectivity index (χ4n) is 3.01. The molecule has 0 saturated heterocycles. The van der Waals surface area contributed by atoms with E-state index in [2.05, 4.69) is 6.58 Å². The highest BCUT2D eigenvalue weighted by molar-refractivity contribution is 7.89. The van der Waals surface area contributed by atoms with Crippen molar-refractivity contribution in [2.24, 2.45) is 0 Å². The van der Waals surface area contributed by atoms with Gasteiger partial charge in [-0.1, -0.05) is 84.4 Å². The summed E-state index contributed by atoms with van der Waals surface area (Å²) < 4.78 is 28.5. The molecule has 0 bridgehead atoms. The van der Waals surface area contributed by atoms with E-state index in [0.717, 1.165) is 16.7 Å². The quantitative estimate of drug-likeness (QED) is 0.536. The summed E-state index contributed by atoms with van der Waals surface area (Å²) in [5.74, 6) is 0. The molecule has 3 aromatic carbocycles. The molecule has 0 aliphatic rings. The number of benzene rings is 3. The lowest BCUT2D eigenvalue weighted by molar-refractivity contribution is 0.361. The Labute approximate surface area is 161 Å². The van der Waals surface area contributed by atoms with Gasteiger partial charge in [0.05, 0.1) is 10.9 Å². The molecule has 0 saturated carbocycles. The fourth-order valence-corrected chi connectivity index (χ4v) is 4.59. The number of aryl methyl sites for hydroxylation is 1. The van der Waals surface area contributed by atoms with Crippen molar-refractivity contribution in [3.8, 4) is 0 Å². The van der Waals surface area contributed by atoms with Crippen LogP contribution < -0.4 is 0 Å².